The van der Waals surface area contributed by atoms with E-state index in [-0.39, 0.29) is 7.43 Å². The molecule has 0 bridgehead atoms. The Morgan fingerprint density at radius 1 is 1.30 bits per heavy atom. The first kappa shape index (κ1) is 9.88. The summed E-state index contributed by atoms with van der Waals surface area (Å²) < 4.78 is 0. The molecule has 0 spiro atoms. The highest BCUT2D eigenvalue weighted by Gasteiger charge is 2.06. The number of nitrogens with one attached hydrogen (secondary N) is 1. The molecule has 1 heterocycles. The smallest absolute Gasteiger partial charge is 0.0108 e. The summed E-state index contributed by atoms with van der Waals surface area (Å²) in [6, 6.07) is 0. The summed E-state index contributed by atoms with van der Waals surface area (Å²) in [6.45, 7) is 6.43. The van der Waals surface area contributed by atoms with E-state index in [4.69, 9.17) is 5.73 Å². The van der Waals surface area contributed by atoms with Crippen LogP contribution in [0.3, 0.4) is 0 Å². The summed E-state index contributed by atoms with van der Waals surface area (Å²) in [6.07, 6.45) is 0. The van der Waals surface area contributed by atoms with E-state index in [1.54, 1.807) is 0 Å². The quantitative estimate of drug-likeness (QED) is 0.550. The van der Waals surface area contributed by atoms with E-state index in [2.05, 4.69) is 10.2 Å². The van der Waals surface area contributed by atoms with Gasteiger partial charge in [-0.3, -0.25) is 4.90 Å². The first-order valence-electron chi connectivity index (χ1n) is 3.56. The second-order valence-corrected chi connectivity index (χ2v) is 2.38. The first-order valence-corrected chi connectivity index (χ1v) is 3.56. The number of nitrogens with two attached hydrogens (primary N) is 1. The summed E-state index contributed by atoms with van der Waals surface area (Å²) in [5.41, 5.74) is 5.40. The van der Waals surface area contributed by atoms with Crippen LogP contribution in [0, 0.1) is 0 Å². The Morgan fingerprint density at radius 2 is 1.90 bits per heavy atom. The van der Waals surface area contributed by atoms with Gasteiger partial charge >= 0.3 is 0 Å². The highest BCUT2D eigenvalue weighted by molar-refractivity contribution is 4.66. The molecule has 1 fully saturated rings. The average molecular weight is 145 g/mol. The zero-order chi connectivity index (χ0) is 6.53. The topological polar surface area (TPSA) is 41.3 Å². The molecule has 0 atom stereocenters. The summed E-state index contributed by atoms with van der Waals surface area (Å²) >= 11 is 0. The predicted octanol–water partition coefficient (Wildman–Crippen LogP) is -0.514. The average Bonchev–Trinajstić information content (AvgIpc) is 1.91. The minimum atomic E-state index is 0. The lowest BCUT2D eigenvalue weighted by Gasteiger charge is -2.26. The molecule has 0 unspecified atom stereocenters. The molecule has 3 nitrogen and oxygen atoms in total. The Labute approximate surface area is 63.6 Å². The molecule has 62 valence electrons. The van der Waals surface area contributed by atoms with Crippen LogP contribution in [0.2, 0.25) is 0 Å². The highest BCUT2D eigenvalue weighted by atomic mass is 15.2. The third kappa shape index (κ3) is 3.15. The Bertz CT molecular complexity index is 66.5. The van der Waals surface area contributed by atoms with Crippen molar-refractivity contribution in [1.82, 2.24) is 10.2 Å². The third-order valence-electron chi connectivity index (χ3n) is 1.65. The van der Waals surface area contributed by atoms with Gasteiger partial charge in [0.15, 0.2) is 0 Å². The zero-order valence-corrected chi connectivity index (χ0v) is 5.77. The van der Waals surface area contributed by atoms with Gasteiger partial charge in [0.1, 0.15) is 0 Å². The molecule has 0 radical (unpaired) electrons. The van der Waals surface area contributed by atoms with Crippen molar-refractivity contribution in [2.24, 2.45) is 5.73 Å². The van der Waals surface area contributed by atoms with Crippen molar-refractivity contribution in [3.05, 3.63) is 0 Å². The molecule has 0 amide bonds. The van der Waals surface area contributed by atoms with Crippen LogP contribution in [-0.4, -0.2) is 44.2 Å². The van der Waals surface area contributed by atoms with Crippen LogP contribution in [0.15, 0.2) is 0 Å². The maximum absolute atomic E-state index is 5.40. The van der Waals surface area contributed by atoms with Gasteiger partial charge in [0, 0.05) is 39.3 Å². The molecule has 10 heavy (non-hydrogen) atoms. The lowest BCUT2D eigenvalue weighted by molar-refractivity contribution is 0.247. The molecular weight excluding hydrogens is 126 g/mol. The molecule has 3 N–H and O–H groups in total. The van der Waals surface area contributed by atoms with Gasteiger partial charge < -0.3 is 11.1 Å². The van der Waals surface area contributed by atoms with Crippen molar-refractivity contribution >= 4 is 0 Å². The number of rotatable bonds is 2. The van der Waals surface area contributed by atoms with E-state index in [0.29, 0.717) is 0 Å². The molecule has 1 rings (SSSR count). The molecule has 3 heteroatoms. The van der Waals surface area contributed by atoms with Gasteiger partial charge in [0.2, 0.25) is 0 Å². The van der Waals surface area contributed by atoms with Crippen LogP contribution >= 0.6 is 0 Å². The summed E-state index contributed by atoms with van der Waals surface area (Å²) in [5, 5.41) is 3.29. The van der Waals surface area contributed by atoms with Crippen LogP contribution in [0.4, 0.5) is 0 Å². The SMILES string of the molecule is C.NCCN1CCNCC1. The Hall–Kier alpha value is -0.120. The maximum atomic E-state index is 5.40. The van der Waals surface area contributed by atoms with Crippen molar-refractivity contribution in [3.63, 3.8) is 0 Å². The highest BCUT2D eigenvalue weighted by Crippen LogP contribution is 1.88. The summed E-state index contributed by atoms with van der Waals surface area (Å²) in [5.74, 6) is 0. The van der Waals surface area contributed by atoms with Crippen molar-refractivity contribution in [1.29, 1.82) is 0 Å². The van der Waals surface area contributed by atoms with Crippen molar-refractivity contribution in [2.75, 3.05) is 39.3 Å². The minimum Gasteiger partial charge on any atom is -0.329 e. The van der Waals surface area contributed by atoms with Gasteiger partial charge in [-0.25, -0.2) is 0 Å². The lowest BCUT2D eigenvalue weighted by atomic mass is 10.3. The fourth-order valence-corrected chi connectivity index (χ4v) is 1.12. The standard InChI is InChI=1S/C6H15N3.CH4/c7-1-4-9-5-2-8-3-6-9;/h8H,1-7H2;1H4. The van der Waals surface area contributed by atoms with E-state index in [9.17, 15) is 0 Å². The van der Waals surface area contributed by atoms with Gasteiger partial charge in [-0.2, -0.15) is 0 Å². The summed E-state index contributed by atoms with van der Waals surface area (Å²) in [7, 11) is 0. The summed E-state index contributed by atoms with van der Waals surface area (Å²) in [4.78, 5) is 2.39. The number of hydrogen-bond acceptors (Lipinski definition) is 3. The fraction of sp³-hybridized carbons (Fsp3) is 1.00. The number of piperazine rings is 1. The molecule has 0 aliphatic carbocycles. The predicted molar refractivity (Wildman–Crippen MR) is 45.1 cm³/mol. The van der Waals surface area contributed by atoms with E-state index in [1.165, 1.54) is 0 Å². The van der Waals surface area contributed by atoms with Gasteiger partial charge in [-0.1, -0.05) is 7.43 Å². The van der Waals surface area contributed by atoms with Crippen LogP contribution < -0.4 is 11.1 Å². The lowest BCUT2D eigenvalue weighted by Crippen LogP contribution is -2.45. The van der Waals surface area contributed by atoms with E-state index in [1.807, 2.05) is 0 Å². The Kier molecular flexibility index (Phi) is 5.58. The second kappa shape index (κ2) is 5.65. The first-order chi connectivity index (χ1) is 4.43. The molecule has 1 saturated heterocycles. The van der Waals surface area contributed by atoms with E-state index < -0.39 is 0 Å². The molecule has 0 saturated carbocycles. The van der Waals surface area contributed by atoms with Gasteiger partial charge in [0.25, 0.3) is 0 Å². The van der Waals surface area contributed by atoms with Crippen LogP contribution in [-0.2, 0) is 0 Å². The molecule has 0 aromatic heterocycles. The maximum Gasteiger partial charge on any atom is 0.0108 e. The van der Waals surface area contributed by atoms with Gasteiger partial charge in [0.05, 0.1) is 0 Å². The van der Waals surface area contributed by atoms with E-state index in [0.717, 1.165) is 39.3 Å². The van der Waals surface area contributed by atoms with Gasteiger partial charge in [-0.05, 0) is 0 Å². The van der Waals surface area contributed by atoms with E-state index >= 15 is 0 Å². The zero-order valence-electron chi connectivity index (χ0n) is 5.77. The second-order valence-electron chi connectivity index (χ2n) is 2.38. The van der Waals surface area contributed by atoms with Crippen LogP contribution in [0.1, 0.15) is 7.43 Å². The van der Waals surface area contributed by atoms with Crippen molar-refractivity contribution < 1.29 is 0 Å². The molecule has 1 aliphatic rings. The monoisotopic (exact) mass is 145 g/mol. The minimum absolute atomic E-state index is 0. The van der Waals surface area contributed by atoms with Crippen LogP contribution in [0.25, 0.3) is 0 Å². The van der Waals surface area contributed by atoms with Crippen molar-refractivity contribution in [3.8, 4) is 0 Å². The number of nitrogens with zero attached hydrogens (tertiary/aromatic N) is 1. The number of hydrogen-bond donors (Lipinski definition) is 2. The Morgan fingerprint density at radius 3 is 2.40 bits per heavy atom. The van der Waals surface area contributed by atoms with Gasteiger partial charge in [-0.15, -0.1) is 0 Å². The third-order valence-corrected chi connectivity index (χ3v) is 1.65. The largest absolute Gasteiger partial charge is 0.329 e. The normalized spacial score (nSPS) is 20.1. The molecule has 0 aromatic carbocycles. The molecule has 1 aliphatic heterocycles. The Balaban J connectivity index is 0.000000810. The molecule has 0 aromatic rings. The van der Waals surface area contributed by atoms with Crippen molar-refractivity contribution in [2.45, 2.75) is 7.43 Å². The fourth-order valence-electron chi connectivity index (χ4n) is 1.12. The van der Waals surface area contributed by atoms with Crippen LogP contribution in [0.5, 0.6) is 0 Å². The molecular formula is C7H19N3.